The number of amides is 1. The quantitative estimate of drug-likeness (QED) is 0.725. The summed E-state index contributed by atoms with van der Waals surface area (Å²) >= 11 is 6.10. The maximum absolute atomic E-state index is 13.2. The molecule has 0 unspecified atom stereocenters. The minimum Gasteiger partial charge on any atom is -0.384 e. The molecule has 5 rings (SSSR count). The molecule has 3 heterocycles. The zero-order chi connectivity index (χ0) is 22.1. The topological polar surface area (TPSA) is 62.5 Å². The second-order valence-electron chi connectivity index (χ2n) is 9.90. The Balaban J connectivity index is 1.11. The van der Waals surface area contributed by atoms with Gasteiger partial charge in [0, 0.05) is 36.8 Å². The van der Waals surface area contributed by atoms with Crippen molar-refractivity contribution in [1.29, 1.82) is 0 Å². The van der Waals surface area contributed by atoms with Crippen LogP contribution in [0.25, 0.3) is 0 Å². The van der Waals surface area contributed by atoms with Crippen LogP contribution in [0, 0.1) is 11.8 Å². The molecule has 1 aliphatic carbocycles. The molecule has 2 aromatic rings. The van der Waals surface area contributed by atoms with Gasteiger partial charge < -0.3 is 10.6 Å². The first-order chi connectivity index (χ1) is 15.5. The molecule has 1 amide bonds. The third kappa shape index (κ3) is 4.51. The van der Waals surface area contributed by atoms with Crippen LogP contribution in [-0.2, 0) is 16.8 Å². The van der Waals surface area contributed by atoms with E-state index in [-0.39, 0.29) is 5.92 Å². The molecule has 0 radical (unpaired) electrons. The Morgan fingerprint density at radius 3 is 2.34 bits per heavy atom. The van der Waals surface area contributed by atoms with Crippen LogP contribution in [0.1, 0.15) is 49.7 Å². The molecule has 170 valence electrons. The number of nitrogens with two attached hydrogens (primary N) is 1. The molecule has 3 fully saturated rings. The van der Waals surface area contributed by atoms with E-state index < -0.39 is 0 Å². The van der Waals surface area contributed by atoms with E-state index in [9.17, 15) is 4.79 Å². The molecular formula is C26H33ClN4O. The zero-order valence-electron chi connectivity index (χ0n) is 18.7. The molecule has 1 aromatic heterocycles. The molecule has 0 atom stereocenters. The van der Waals surface area contributed by atoms with Crippen molar-refractivity contribution in [3.05, 3.63) is 58.7 Å². The molecule has 0 bridgehead atoms. The van der Waals surface area contributed by atoms with Crippen LogP contribution < -0.4 is 5.73 Å². The molecule has 2 N–H and O–H groups in total. The number of rotatable bonds is 5. The minimum atomic E-state index is 0.177. The van der Waals surface area contributed by atoms with Crippen molar-refractivity contribution in [2.45, 2.75) is 50.5 Å². The molecule has 2 saturated heterocycles. The lowest BCUT2D eigenvalue weighted by atomic mass is 9.77. The SMILES string of the molecule is Nc1cc(CN2CCC(C(=O)N3CCC(C4(c5ccc(Cl)cc5)CC4)CC3)CC2)ccn1. The van der Waals surface area contributed by atoms with Crippen LogP contribution in [0.5, 0.6) is 0 Å². The summed E-state index contributed by atoms with van der Waals surface area (Å²) in [6.45, 7) is 4.64. The Kier molecular flexibility index (Phi) is 6.13. The molecule has 2 aliphatic heterocycles. The van der Waals surface area contributed by atoms with Crippen LogP contribution >= 0.6 is 11.6 Å². The van der Waals surface area contributed by atoms with Crippen LogP contribution in [-0.4, -0.2) is 46.9 Å². The summed E-state index contributed by atoms with van der Waals surface area (Å²) in [5, 5.41) is 0.806. The minimum absolute atomic E-state index is 0.177. The molecule has 0 spiro atoms. The molecule has 3 aliphatic rings. The van der Waals surface area contributed by atoms with Gasteiger partial charge in [0.15, 0.2) is 0 Å². The monoisotopic (exact) mass is 452 g/mol. The third-order valence-corrected chi connectivity index (χ3v) is 8.24. The van der Waals surface area contributed by atoms with Crippen molar-refractivity contribution >= 4 is 23.3 Å². The summed E-state index contributed by atoms with van der Waals surface area (Å²) in [4.78, 5) is 21.9. The van der Waals surface area contributed by atoms with Crippen LogP contribution in [0.3, 0.4) is 0 Å². The number of aromatic nitrogens is 1. The van der Waals surface area contributed by atoms with Crippen molar-refractivity contribution in [2.75, 3.05) is 31.9 Å². The van der Waals surface area contributed by atoms with Gasteiger partial charge in [-0.3, -0.25) is 9.69 Å². The fourth-order valence-electron chi connectivity index (χ4n) is 5.95. The predicted octanol–water partition coefficient (Wildman–Crippen LogP) is 4.50. The van der Waals surface area contributed by atoms with Crippen LogP contribution in [0.15, 0.2) is 42.6 Å². The Morgan fingerprint density at radius 1 is 1.03 bits per heavy atom. The standard InChI is InChI=1S/C26H33ClN4O/c27-23-3-1-21(2-4-23)26(10-11-26)22-8-15-31(16-9-22)25(32)20-6-13-30(14-7-20)18-19-5-12-29-24(28)17-19/h1-5,12,17,20,22H,6-11,13-16,18H2,(H2,28,29). The fraction of sp³-hybridized carbons (Fsp3) is 0.538. The molecule has 5 nitrogen and oxygen atoms in total. The number of likely N-dealkylation sites (tertiary alicyclic amines) is 2. The third-order valence-electron chi connectivity index (χ3n) is 7.98. The summed E-state index contributed by atoms with van der Waals surface area (Å²) < 4.78 is 0. The number of carbonyl (C=O) groups excluding carboxylic acids is 1. The van der Waals surface area contributed by atoms with E-state index in [0.29, 0.717) is 23.1 Å². The van der Waals surface area contributed by atoms with Crippen LogP contribution in [0.4, 0.5) is 5.82 Å². The molecular weight excluding hydrogens is 420 g/mol. The number of nitrogen functional groups attached to an aromatic ring is 1. The Labute approximate surface area is 195 Å². The fourth-order valence-corrected chi connectivity index (χ4v) is 6.07. The number of nitrogens with zero attached hydrogens (tertiary/aromatic N) is 3. The average molecular weight is 453 g/mol. The van der Waals surface area contributed by atoms with E-state index in [1.54, 1.807) is 6.20 Å². The lowest BCUT2D eigenvalue weighted by molar-refractivity contribution is -0.138. The highest BCUT2D eigenvalue weighted by Gasteiger charge is 2.51. The van der Waals surface area contributed by atoms with E-state index >= 15 is 0 Å². The lowest BCUT2D eigenvalue weighted by Gasteiger charge is -2.39. The summed E-state index contributed by atoms with van der Waals surface area (Å²) in [6, 6.07) is 12.4. The molecule has 6 heteroatoms. The first kappa shape index (κ1) is 21.7. The maximum atomic E-state index is 13.2. The van der Waals surface area contributed by atoms with Crippen molar-refractivity contribution in [1.82, 2.24) is 14.8 Å². The summed E-state index contributed by atoms with van der Waals surface area (Å²) in [7, 11) is 0. The first-order valence-corrected chi connectivity index (χ1v) is 12.4. The average Bonchev–Trinajstić information content (AvgIpc) is 3.62. The van der Waals surface area contributed by atoms with Crippen molar-refractivity contribution in [3.63, 3.8) is 0 Å². The number of hydrogen-bond acceptors (Lipinski definition) is 4. The number of piperidine rings is 2. The predicted molar refractivity (Wildman–Crippen MR) is 128 cm³/mol. The number of anilines is 1. The normalized spacial score (nSPS) is 22.1. The molecule has 1 aromatic carbocycles. The van der Waals surface area contributed by atoms with E-state index in [2.05, 4.69) is 26.9 Å². The second kappa shape index (κ2) is 9.03. The number of hydrogen-bond donors (Lipinski definition) is 1. The highest BCUT2D eigenvalue weighted by molar-refractivity contribution is 6.30. The Hall–Kier alpha value is -2.11. The Bertz CT molecular complexity index is 943. The van der Waals surface area contributed by atoms with E-state index in [0.717, 1.165) is 63.4 Å². The highest BCUT2D eigenvalue weighted by atomic mass is 35.5. The van der Waals surface area contributed by atoms with Crippen molar-refractivity contribution in [3.8, 4) is 0 Å². The lowest BCUT2D eigenvalue weighted by Crippen LogP contribution is -2.46. The number of benzene rings is 1. The van der Waals surface area contributed by atoms with Gasteiger partial charge in [0.1, 0.15) is 5.82 Å². The second-order valence-corrected chi connectivity index (χ2v) is 10.3. The van der Waals surface area contributed by atoms with Gasteiger partial charge in [0.05, 0.1) is 0 Å². The van der Waals surface area contributed by atoms with Crippen molar-refractivity contribution in [2.24, 2.45) is 11.8 Å². The van der Waals surface area contributed by atoms with Gasteiger partial charge in [-0.15, -0.1) is 0 Å². The van der Waals surface area contributed by atoms with Gasteiger partial charge in [-0.05, 0) is 98.3 Å². The van der Waals surface area contributed by atoms with Gasteiger partial charge in [-0.1, -0.05) is 23.7 Å². The number of halogens is 1. The van der Waals surface area contributed by atoms with Gasteiger partial charge in [-0.2, -0.15) is 0 Å². The molecule has 32 heavy (non-hydrogen) atoms. The summed E-state index contributed by atoms with van der Waals surface area (Å²) in [6.07, 6.45) is 8.46. The van der Waals surface area contributed by atoms with E-state index in [4.69, 9.17) is 17.3 Å². The number of pyridine rings is 1. The first-order valence-electron chi connectivity index (χ1n) is 12.0. The van der Waals surface area contributed by atoms with E-state index in [1.807, 2.05) is 24.3 Å². The Morgan fingerprint density at radius 2 is 1.72 bits per heavy atom. The highest BCUT2D eigenvalue weighted by Crippen LogP contribution is 2.56. The zero-order valence-corrected chi connectivity index (χ0v) is 19.4. The van der Waals surface area contributed by atoms with Crippen LogP contribution in [0.2, 0.25) is 5.02 Å². The van der Waals surface area contributed by atoms with Gasteiger partial charge in [-0.25, -0.2) is 4.98 Å². The number of carbonyl (C=O) groups is 1. The molecule has 1 saturated carbocycles. The summed E-state index contributed by atoms with van der Waals surface area (Å²) in [5.74, 6) is 1.81. The summed E-state index contributed by atoms with van der Waals surface area (Å²) in [5.41, 5.74) is 8.77. The van der Waals surface area contributed by atoms with Crippen molar-refractivity contribution < 1.29 is 4.79 Å². The largest absolute Gasteiger partial charge is 0.384 e. The van der Waals surface area contributed by atoms with Gasteiger partial charge in [0.2, 0.25) is 5.91 Å². The van der Waals surface area contributed by atoms with E-state index in [1.165, 1.54) is 24.0 Å². The van der Waals surface area contributed by atoms with Gasteiger partial charge in [0.25, 0.3) is 0 Å². The smallest absolute Gasteiger partial charge is 0.225 e. The van der Waals surface area contributed by atoms with Gasteiger partial charge >= 0.3 is 0 Å². The maximum Gasteiger partial charge on any atom is 0.225 e.